The molecule has 1 N–H and O–H groups in total. The van der Waals surface area contributed by atoms with Crippen molar-refractivity contribution in [3.05, 3.63) is 23.4 Å². The number of aromatic nitrogens is 2. The Morgan fingerprint density at radius 2 is 2.47 bits per heavy atom. The molecule has 102 valence electrons. The maximum absolute atomic E-state index is 5.72. The first-order valence-corrected chi connectivity index (χ1v) is 7.46. The van der Waals surface area contributed by atoms with E-state index in [9.17, 15) is 0 Å². The Morgan fingerprint density at radius 3 is 3.26 bits per heavy atom. The summed E-state index contributed by atoms with van der Waals surface area (Å²) >= 11 is 1.62. The molecule has 5 nitrogen and oxygen atoms in total. The largest absolute Gasteiger partial charge is 0.419 e. The predicted molar refractivity (Wildman–Crippen MR) is 74.9 cm³/mol. The number of rotatable bonds is 5. The van der Waals surface area contributed by atoms with E-state index in [4.69, 9.17) is 4.42 Å². The minimum atomic E-state index is 0.635. The van der Waals surface area contributed by atoms with E-state index in [0.29, 0.717) is 11.8 Å². The third-order valence-electron chi connectivity index (χ3n) is 3.42. The molecular formula is C13H18N4OS. The van der Waals surface area contributed by atoms with E-state index in [-0.39, 0.29) is 0 Å². The minimum absolute atomic E-state index is 0.635. The molecule has 3 heterocycles. The van der Waals surface area contributed by atoms with Crippen LogP contribution < -0.4 is 5.32 Å². The van der Waals surface area contributed by atoms with Crippen LogP contribution in [-0.4, -0.2) is 41.8 Å². The summed E-state index contributed by atoms with van der Waals surface area (Å²) in [6, 6.07) is 3.99. The van der Waals surface area contributed by atoms with Gasteiger partial charge in [0.15, 0.2) is 0 Å². The molecule has 1 unspecified atom stereocenters. The van der Waals surface area contributed by atoms with Crippen molar-refractivity contribution >= 4 is 11.3 Å². The van der Waals surface area contributed by atoms with Gasteiger partial charge in [-0.15, -0.1) is 21.5 Å². The van der Waals surface area contributed by atoms with E-state index < -0.39 is 0 Å². The van der Waals surface area contributed by atoms with Crippen LogP contribution in [0, 0.1) is 5.92 Å². The summed E-state index contributed by atoms with van der Waals surface area (Å²) in [6.07, 6.45) is 1.24. The zero-order valence-electron chi connectivity index (χ0n) is 11.0. The van der Waals surface area contributed by atoms with E-state index in [2.05, 4.69) is 20.4 Å². The van der Waals surface area contributed by atoms with Gasteiger partial charge in [-0.1, -0.05) is 6.07 Å². The lowest BCUT2D eigenvalue weighted by molar-refractivity contribution is 0.281. The molecule has 1 aliphatic rings. The Balaban J connectivity index is 1.59. The van der Waals surface area contributed by atoms with Crippen LogP contribution >= 0.6 is 11.3 Å². The van der Waals surface area contributed by atoms with Crippen molar-refractivity contribution in [1.82, 2.24) is 20.4 Å². The van der Waals surface area contributed by atoms with Gasteiger partial charge in [-0.2, -0.15) is 0 Å². The lowest BCUT2D eigenvalue weighted by atomic mass is 10.1. The van der Waals surface area contributed by atoms with Crippen LogP contribution in [0.2, 0.25) is 0 Å². The Kier molecular flexibility index (Phi) is 3.91. The van der Waals surface area contributed by atoms with E-state index in [1.54, 1.807) is 11.3 Å². The van der Waals surface area contributed by atoms with Crippen LogP contribution in [0.1, 0.15) is 12.3 Å². The summed E-state index contributed by atoms with van der Waals surface area (Å²) < 4.78 is 5.72. The van der Waals surface area contributed by atoms with Crippen molar-refractivity contribution < 1.29 is 4.42 Å². The second-order valence-electron chi connectivity index (χ2n) is 4.93. The van der Waals surface area contributed by atoms with Gasteiger partial charge in [-0.25, -0.2) is 0 Å². The van der Waals surface area contributed by atoms with E-state index in [1.165, 1.54) is 6.42 Å². The summed E-state index contributed by atoms with van der Waals surface area (Å²) in [5, 5.41) is 13.5. The molecular weight excluding hydrogens is 260 g/mol. The fourth-order valence-electron chi connectivity index (χ4n) is 2.52. The van der Waals surface area contributed by atoms with Crippen LogP contribution in [0.5, 0.6) is 0 Å². The van der Waals surface area contributed by atoms with Gasteiger partial charge in [0.25, 0.3) is 5.89 Å². The first-order chi connectivity index (χ1) is 9.35. The summed E-state index contributed by atoms with van der Waals surface area (Å²) in [4.78, 5) is 3.42. The van der Waals surface area contributed by atoms with Crippen LogP contribution in [-0.2, 0) is 6.54 Å². The minimum Gasteiger partial charge on any atom is -0.419 e. The van der Waals surface area contributed by atoms with Gasteiger partial charge in [0.05, 0.1) is 11.4 Å². The van der Waals surface area contributed by atoms with E-state index in [0.717, 1.165) is 37.0 Å². The van der Waals surface area contributed by atoms with Gasteiger partial charge < -0.3 is 9.73 Å². The fourth-order valence-corrected chi connectivity index (χ4v) is 3.16. The number of likely N-dealkylation sites (tertiary alicyclic amines) is 1. The summed E-state index contributed by atoms with van der Waals surface area (Å²) in [5.41, 5.74) is 0. The Bertz CT molecular complexity index is 510. The number of thiophene rings is 1. The maximum Gasteiger partial charge on any atom is 0.257 e. The second kappa shape index (κ2) is 5.81. The number of nitrogens with zero attached hydrogens (tertiary/aromatic N) is 3. The molecule has 1 saturated heterocycles. The Labute approximate surface area is 116 Å². The molecule has 0 aromatic carbocycles. The summed E-state index contributed by atoms with van der Waals surface area (Å²) in [7, 11) is 2.01. The van der Waals surface area contributed by atoms with Crippen molar-refractivity contribution in [1.29, 1.82) is 0 Å². The molecule has 1 fully saturated rings. The first-order valence-electron chi connectivity index (χ1n) is 6.58. The van der Waals surface area contributed by atoms with Crippen molar-refractivity contribution in [2.24, 2.45) is 5.92 Å². The molecule has 1 atom stereocenters. The molecule has 0 bridgehead atoms. The third-order valence-corrected chi connectivity index (χ3v) is 4.28. The van der Waals surface area contributed by atoms with Crippen LogP contribution in [0.15, 0.2) is 21.9 Å². The number of hydrogen-bond donors (Lipinski definition) is 1. The standard InChI is InChI=1S/C13H18N4OS/c1-14-7-10-4-5-17(8-10)9-12-15-16-13(18-12)11-3-2-6-19-11/h2-3,6,10,14H,4-5,7-9H2,1H3. The van der Waals surface area contributed by atoms with Crippen molar-refractivity contribution in [2.45, 2.75) is 13.0 Å². The van der Waals surface area contributed by atoms with Crippen molar-refractivity contribution in [3.63, 3.8) is 0 Å². The molecule has 0 spiro atoms. The fraction of sp³-hybridized carbons (Fsp3) is 0.538. The van der Waals surface area contributed by atoms with Crippen molar-refractivity contribution in [2.75, 3.05) is 26.7 Å². The molecule has 2 aromatic heterocycles. The highest BCUT2D eigenvalue weighted by molar-refractivity contribution is 7.13. The lowest BCUT2D eigenvalue weighted by Gasteiger charge is -2.13. The average molecular weight is 278 g/mol. The molecule has 0 radical (unpaired) electrons. The highest BCUT2D eigenvalue weighted by atomic mass is 32.1. The van der Waals surface area contributed by atoms with Crippen LogP contribution in [0.3, 0.4) is 0 Å². The average Bonchev–Trinajstić information content (AvgIpc) is 3.10. The molecule has 0 amide bonds. The summed E-state index contributed by atoms with van der Waals surface area (Å²) in [5.74, 6) is 2.09. The molecule has 6 heteroatoms. The molecule has 3 rings (SSSR count). The molecule has 0 aliphatic carbocycles. The third kappa shape index (κ3) is 3.02. The lowest BCUT2D eigenvalue weighted by Crippen LogP contribution is -2.24. The van der Waals surface area contributed by atoms with Gasteiger partial charge in [-0.3, -0.25) is 4.90 Å². The monoisotopic (exact) mass is 278 g/mol. The van der Waals surface area contributed by atoms with Gasteiger partial charge in [0.1, 0.15) is 0 Å². The molecule has 19 heavy (non-hydrogen) atoms. The zero-order chi connectivity index (χ0) is 13.1. The van der Waals surface area contributed by atoms with E-state index in [1.807, 2.05) is 24.6 Å². The molecule has 0 saturated carbocycles. The second-order valence-corrected chi connectivity index (χ2v) is 5.87. The Hall–Kier alpha value is -1.24. The number of hydrogen-bond acceptors (Lipinski definition) is 6. The maximum atomic E-state index is 5.72. The van der Waals surface area contributed by atoms with Gasteiger partial charge in [0, 0.05) is 6.54 Å². The topological polar surface area (TPSA) is 54.2 Å². The van der Waals surface area contributed by atoms with Crippen LogP contribution in [0.4, 0.5) is 0 Å². The number of nitrogens with one attached hydrogen (secondary N) is 1. The van der Waals surface area contributed by atoms with Gasteiger partial charge >= 0.3 is 0 Å². The molecule has 1 aliphatic heterocycles. The van der Waals surface area contributed by atoms with Gasteiger partial charge in [-0.05, 0) is 43.9 Å². The normalized spacial score (nSPS) is 20.2. The smallest absolute Gasteiger partial charge is 0.257 e. The highest BCUT2D eigenvalue weighted by Gasteiger charge is 2.23. The van der Waals surface area contributed by atoms with Crippen LogP contribution in [0.25, 0.3) is 10.8 Å². The SMILES string of the molecule is CNCC1CCN(Cc2nnc(-c3cccs3)o2)C1. The Morgan fingerprint density at radius 1 is 1.53 bits per heavy atom. The van der Waals surface area contributed by atoms with Crippen molar-refractivity contribution in [3.8, 4) is 10.8 Å². The first kappa shape index (κ1) is 12.8. The van der Waals surface area contributed by atoms with E-state index >= 15 is 0 Å². The van der Waals surface area contributed by atoms with Gasteiger partial charge in [0.2, 0.25) is 5.89 Å². The molecule has 2 aromatic rings. The summed E-state index contributed by atoms with van der Waals surface area (Å²) in [6.45, 7) is 4.07. The highest BCUT2D eigenvalue weighted by Crippen LogP contribution is 2.24. The predicted octanol–water partition coefficient (Wildman–Crippen LogP) is 1.84. The zero-order valence-corrected chi connectivity index (χ0v) is 11.8. The quantitative estimate of drug-likeness (QED) is 0.904.